The number of hydrogen-bond acceptors (Lipinski definition) is 1. The number of nitrogens with zero attached hydrogens (tertiary/aromatic N) is 1. The Morgan fingerprint density at radius 3 is 2.62 bits per heavy atom. The van der Waals surface area contributed by atoms with E-state index >= 15 is 0 Å². The van der Waals surface area contributed by atoms with E-state index in [4.69, 9.17) is 0 Å². The van der Waals surface area contributed by atoms with Gasteiger partial charge < -0.3 is 4.90 Å². The molecule has 1 aliphatic carbocycles. The van der Waals surface area contributed by atoms with Gasteiger partial charge >= 0.3 is 0 Å². The van der Waals surface area contributed by atoms with E-state index in [0.717, 1.165) is 5.92 Å². The van der Waals surface area contributed by atoms with Gasteiger partial charge in [0.15, 0.2) is 0 Å². The standard InChI is InChI=1S/C12H19N/c1-11(13-9-5-6-10-13)12-7-3-2-4-8-12/h2-3,12H,1,4-10H2. The highest BCUT2D eigenvalue weighted by Gasteiger charge is 2.20. The van der Waals surface area contributed by atoms with Crippen molar-refractivity contribution in [2.45, 2.75) is 32.1 Å². The van der Waals surface area contributed by atoms with Gasteiger partial charge in [0.05, 0.1) is 0 Å². The summed E-state index contributed by atoms with van der Waals surface area (Å²) in [6.07, 6.45) is 11.1. The molecule has 1 unspecified atom stereocenters. The molecule has 0 aromatic heterocycles. The lowest BCUT2D eigenvalue weighted by atomic mass is 9.91. The molecule has 0 N–H and O–H groups in total. The molecule has 0 aromatic carbocycles. The Morgan fingerprint density at radius 2 is 2.00 bits per heavy atom. The first-order valence-corrected chi connectivity index (χ1v) is 5.46. The molecule has 72 valence electrons. The van der Waals surface area contributed by atoms with Gasteiger partial charge in [0.2, 0.25) is 0 Å². The van der Waals surface area contributed by atoms with Crippen LogP contribution in [0.1, 0.15) is 32.1 Å². The smallest absolute Gasteiger partial charge is 0.0175 e. The lowest BCUT2D eigenvalue weighted by molar-refractivity contribution is 0.349. The lowest BCUT2D eigenvalue weighted by Crippen LogP contribution is -2.24. The third kappa shape index (κ3) is 1.96. The zero-order valence-corrected chi connectivity index (χ0v) is 8.34. The van der Waals surface area contributed by atoms with Gasteiger partial charge in [-0.1, -0.05) is 18.7 Å². The zero-order valence-electron chi connectivity index (χ0n) is 8.34. The van der Waals surface area contributed by atoms with Gasteiger partial charge in [-0.15, -0.1) is 0 Å². The first-order valence-electron chi connectivity index (χ1n) is 5.46. The summed E-state index contributed by atoms with van der Waals surface area (Å²) in [5, 5.41) is 0. The number of likely N-dealkylation sites (tertiary alicyclic amines) is 1. The molecule has 2 aliphatic rings. The maximum atomic E-state index is 4.25. The Balaban J connectivity index is 1.91. The molecule has 0 amide bonds. The van der Waals surface area contributed by atoms with Gasteiger partial charge in [0.25, 0.3) is 0 Å². The third-order valence-electron chi connectivity index (χ3n) is 3.25. The molecule has 0 bridgehead atoms. The Kier molecular flexibility index (Phi) is 2.72. The van der Waals surface area contributed by atoms with Crippen LogP contribution in [-0.2, 0) is 0 Å². The molecule has 1 nitrogen and oxygen atoms in total. The highest BCUT2D eigenvalue weighted by Crippen LogP contribution is 2.28. The van der Waals surface area contributed by atoms with Crippen molar-refractivity contribution in [2.75, 3.05) is 13.1 Å². The van der Waals surface area contributed by atoms with E-state index in [9.17, 15) is 0 Å². The third-order valence-corrected chi connectivity index (χ3v) is 3.25. The summed E-state index contributed by atoms with van der Waals surface area (Å²) in [5.74, 6) is 0.739. The van der Waals surface area contributed by atoms with Gasteiger partial charge in [-0.05, 0) is 32.1 Å². The number of hydrogen-bond donors (Lipinski definition) is 0. The normalized spacial score (nSPS) is 28.0. The first-order chi connectivity index (χ1) is 6.38. The van der Waals surface area contributed by atoms with E-state index in [1.165, 1.54) is 50.9 Å². The molecule has 1 aliphatic heterocycles. The molecule has 1 saturated heterocycles. The molecule has 0 radical (unpaired) electrons. The monoisotopic (exact) mass is 177 g/mol. The Labute approximate surface area is 81.1 Å². The Hall–Kier alpha value is -0.720. The predicted molar refractivity (Wildman–Crippen MR) is 56.4 cm³/mol. The second-order valence-corrected chi connectivity index (χ2v) is 4.17. The fourth-order valence-corrected chi connectivity index (χ4v) is 2.36. The van der Waals surface area contributed by atoms with Gasteiger partial charge in [0, 0.05) is 24.7 Å². The molecule has 1 atom stereocenters. The number of rotatable bonds is 2. The van der Waals surface area contributed by atoms with E-state index in [0.29, 0.717) is 0 Å². The maximum Gasteiger partial charge on any atom is 0.0175 e. The Bertz CT molecular complexity index is 211. The first kappa shape index (κ1) is 8.86. The largest absolute Gasteiger partial charge is 0.375 e. The summed E-state index contributed by atoms with van der Waals surface area (Å²) < 4.78 is 0. The topological polar surface area (TPSA) is 3.24 Å². The molecule has 0 aromatic rings. The van der Waals surface area contributed by atoms with E-state index < -0.39 is 0 Å². The van der Waals surface area contributed by atoms with Crippen molar-refractivity contribution in [3.63, 3.8) is 0 Å². The van der Waals surface area contributed by atoms with Gasteiger partial charge in [-0.25, -0.2) is 0 Å². The predicted octanol–water partition coefficient (Wildman–Crippen LogP) is 2.95. The second kappa shape index (κ2) is 3.99. The van der Waals surface area contributed by atoms with Crippen LogP contribution in [-0.4, -0.2) is 18.0 Å². The van der Waals surface area contributed by atoms with Crippen LogP contribution >= 0.6 is 0 Å². The van der Waals surface area contributed by atoms with Crippen molar-refractivity contribution in [3.05, 3.63) is 24.4 Å². The molecule has 13 heavy (non-hydrogen) atoms. The minimum atomic E-state index is 0.739. The van der Waals surface area contributed by atoms with Crippen LogP contribution in [0.5, 0.6) is 0 Å². The molecular weight excluding hydrogens is 158 g/mol. The summed E-state index contributed by atoms with van der Waals surface area (Å²) >= 11 is 0. The Morgan fingerprint density at radius 1 is 1.23 bits per heavy atom. The van der Waals surface area contributed by atoms with Crippen LogP contribution in [0, 0.1) is 5.92 Å². The van der Waals surface area contributed by atoms with Crippen LogP contribution in [0.25, 0.3) is 0 Å². The maximum absolute atomic E-state index is 4.25. The quantitative estimate of drug-likeness (QED) is 0.586. The minimum absolute atomic E-state index is 0.739. The van der Waals surface area contributed by atoms with E-state index in [-0.39, 0.29) is 0 Å². The molecular formula is C12H19N. The summed E-state index contributed by atoms with van der Waals surface area (Å²) in [6.45, 7) is 6.75. The van der Waals surface area contributed by atoms with Crippen LogP contribution in [0.15, 0.2) is 24.4 Å². The van der Waals surface area contributed by atoms with E-state index in [1.54, 1.807) is 0 Å². The van der Waals surface area contributed by atoms with Gasteiger partial charge in [-0.2, -0.15) is 0 Å². The van der Waals surface area contributed by atoms with Gasteiger partial charge in [0.1, 0.15) is 0 Å². The van der Waals surface area contributed by atoms with Crippen LogP contribution in [0.2, 0.25) is 0 Å². The minimum Gasteiger partial charge on any atom is -0.375 e. The average Bonchev–Trinajstić information content (AvgIpc) is 2.71. The van der Waals surface area contributed by atoms with Crippen molar-refractivity contribution in [1.29, 1.82) is 0 Å². The van der Waals surface area contributed by atoms with Crippen molar-refractivity contribution in [2.24, 2.45) is 5.92 Å². The molecule has 1 fully saturated rings. The molecule has 2 rings (SSSR count). The number of allylic oxidation sites excluding steroid dienone is 3. The summed E-state index contributed by atoms with van der Waals surface area (Å²) in [5.41, 5.74) is 1.40. The second-order valence-electron chi connectivity index (χ2n) is 4.17. The van der Waals surface area contributed by atoms with Gasteiger partial charge in [-0.3, -0.25) is 0 Å². The molecule has 0 saturated carbocycles. The van der Waals surface area contributed by atoms with Crippen LogP contribution in [0.3, 0.4) is 0 Å². The fourth-order valence-electron chi connectivity index (χ4n) is 2.36. The summed E-state index contributed by atoms with van der Waals surface area (Å²) in [6, 6.07) is 0. The highest BCUT2D eigenvalue weighted by molar-refractivity contribution is 5.07. The average molecular weight is 177 g/mol. The molecule has 0 spiro atoms. The van der Waals surface area contributed by atoms with Crippen molar-refractivity contribution >= 4 is 0 Å². The molecule has 1 heterocycles. The van der Waals surface area contributed by atoms with Crippen LogP contribution in [0.4, 0.5) is 0 Å². The fraction of sp³-hybridized carbons (Fsp3) is 0.667. The zero-order chi connectivity index (χ0) is 9.10. The van der Waals surface area contributed by atoms with Crippen molar-refractivity contribution < 1.29 is 0 Å². The lowest BCUT2D eigenvalue weighted by Gasteiger charge is -2.28. The SMILES string of the molecule is C=C(C1CC=CCC1)N1CCCC1. The molecule has 1 heteroatoms. The summed E-state index contributed by atoms with van der Waals surface area (Å²) in [4.78, 5) is 2.49. The summed E-state index contributed by atoms with van der Waals surface area (Å²) in [7, 11) is 0. The highest BCUT2D eigenvalue weighted by atomic mass is 15.1. The van der Waals surface area contributed by atoms with E-state index in [1.807, 2.05) is 0 Å². The van der Waals surface area contributed by atoms with E-state index in [2.05, 4.69) is 23.6 Å². The van der Waals surface area contributed by atoms with Crippen LogP contribution < -0.4 is 0 Å². The van der Waals surface area contributed by atoms with Crippen molar-refractivity contribution in [3.8, 4) is 0 Å². The van der Waals surface area contributed by atoms with Crippen molar-refractivity contribution in [1.82, 2.24) is 4.90 Å².